The molecular formula is C18H17Cl3FSi. The highest BCUT2D eigenvalue weighted by atomic mass is 35.8. The molecule has 23 heavy (non-hydrogen) atoms. The predicted octanol–water partition coefficient (Wildman–Crippen LogP) is 6.71. The second kappa shape index (κ2) is 8.34. The Labute approximate surface area is 151 Å². The van der Waals surface area contributed by atoms with E-state index in [0.29, 0.717) is 0 Å². The Kier molecular flexibility index (Phi) is 6.72. The largest absolute Gasteiger partial charge is 0.376 e. The first-order valence-electron chi connectivity index (χ1n) is 7.42. The summed E-state index contributed by atoms with van der Waals surface area (Å²) in [5, 5.41) is 5.64. The lowest BCUT2D eigenvalue weighted by Crippen LogP contribution is -2.02. The van der Waals surface area contributed by atoms with E-state index < -0.39 is 6.73 Å². The smallest absolute Gasteiger partial charge is 0.269 e. The molecule has 0 atom stereocenters. The van der Waals surface area contributed by atoms with Crippen LogP contribution in [0, 0.1) is 0 Å². The van der Waals surface area contributed by atoms with Crippen molar-refractivity contribution in [1.82, 2.24) is 0 Å². The van der Waals surface area contributed by atoms with Crippen LogP contribution < -0.4 is 0 Å². The second-order valence-corrected chi connectivity index (χ2v) is 11.1. The van der Waals surface area contributed by atoms with Crippen molar-refractivity contribution < 1.29 is 4.70 Å². The van der Waals surface area contributed by atoms with E-state index in [0.717, 1.165) is 0 Å². The van der Waals surface area contributed by atoms with Gasteiger partial charge in [0.25, 0.3) is 0 Å². The molecule has 0 saturated carbocycles. The fourth-order valence-electron chi connectivity index (χ4n) is 3.34. The zero-order valence-corrected chi connectivity index (χ0v) is 15.8. The van der Waals surface area contributed by atoms with Crippen molar-refractivity contribution in [2.75, 3.05) is 0 Å². The lowest BCUT2D eigenvalue weighted by Gasteiger charge is -2.18. The average Bonchev–Trinajstić information content (AvgIpc) is 2.54. The predicted molar refractivity (Wildman–Crippen MR) is 104 cm³/mol. The SMILES string of the molecule is Cl[Si](Cl)Cl.F.c1ccc2c(c1)ccc1c3c(ccc12)CCCC3. The van der Waals surface area contributed by atoms with Crippen molar-refractivity contribution in [3.63, 3.8) is 0 Å². The van der Waals surface area contributed by atoms with Gasteiger partial charge in [-0.3, -0.25) is 4.70 Å². The Balaban J connectivity index is 0.000000349. The molecule has 1 aliphatic rings. The molecule has 1 radical (unpaired) electrons. The topological polar surface area (TPSA) is 0 Å². The molecule has 0 fully saturated rings. The summed E-state index contributed by atoms with van der Waals surface area (Å²) >= 11 is 14.7. The summed E-state index contributed by atoms with van der Waals surface area (Å²) in [5.41, 5.74) is 3.17. The number of hydrogen-bond acceptors (Lipinski definition) is 0. The normalized spacial score (nSPS) is 13.2. The van der Waals surface area contributed by atoms with Gasteiger partial charge in [-0.05, 0) is 58.4 Å². The molecule has 0 spiro atoms. The summed E-state index contributed by atoms with van der Waals surface area (Å²) in [4.78, 5) is 0. The van der Waals surface area contributed by atoms with Crippen LogP contribution in [0.1, 0.15) is 24.0 Å². The van der Waals surface area contributed by atoms with Crippen molar-refractivity contribution in [2.24, 2.45) is 0 Å². The molecule has 3 aromatic carbocycles. The Morgan fingerprint density at radius 1 is 0.696 bits per heavy atom. The number of rotatable bonds is 0. The number of benzene rings is 3. The van der Waals surface area contributed by atoms with Crippen LogP contribution >= 0.6 is 33.2 Å². The fraction of sp³-hybridized carbons (Fsp3) is 0.222. The van der Waals surface area contributed by atoms with Gasteiger partial charge in [0.2, 0.25) is 0 Å². The van der Waals surface area contributed by atoms with E-state index in [2.05, 4.69) is 48.5 Å². The van der Waals surface area contributed by atoms with E-state index in [1.165, 1.54) is 47.2 Å². The van der Waals surface area contributed by atoms with Crippen LogP contribution in [0.25, 0.3) is 21.5 Å². The van der Waals surface area contributed by atoms with Gasteiger partial charge in [-0.1, -0.05) is 48.5 Å². The van der Waals surface area contributed by atoms with E-state index in [9.17, 15) is 0 Å². The van der Waals surface area contributed by atoms with Gasteiger partial charge < -0.3 is 0 Å². The third kappa shape index (κ3) is 4.19. The molecule has 0 amide bonds. The van der Waals surface area contributed by atoms with Crippen LogP contribution in [0.5, 0.6) is 0 Å². The van der Waals surface area contributed by atoms with Gasteiger partial charge in [-0.15, -0.1) is 33.2 Å². The van der Waals surface area contributed by atoms with E-state index in [1.807, 2.05) is 0 Å². The van der Waals surface area contributed by atoms with Crippen molar-refractivity contribution in [2.45, 2.75) is 25.7 Å². The highest BCUT2D eigenvalue weighted by Gasteiger charge is 2.13. The first-order chi connectivity index (χ1) is 10.7. The number of fused-ring (bicyclic) bond motifs is 5. The molecule has 4 rings (SSSR count). The van der Waals surface area contributed by atoms with E-state index >= 15 is 0 Å². The van der Waals surface area contributed by atoms with Gasteiger partial charge in [-0.25, -0.2) is 0 Å². The van der Waals surface area contributed by atoms with Crippen molar-refractivity contribution in [3.05, 3.63) is 59.7 Å². The molecule has 3 aromatic rings. The van der Waals surface area contributed by atoms with E-state index in [4.69, 9.17) is 33.2 Å². The first-order valence-corrected chi connectivity index (χ1v) is 12.0. The molecule has 0 saturated heterocycles. The van der Waals surface area contributed by atoms with Crippen molar-refractivity contribution in [3.8, 4) is 0 Å². The number of hydrogen-bond donors (Lipinski definition) is 0. The monoisotopic (exact) mass is 385 g/mol. The minimum absolute atomic E-state index is 0. The van der Waals surface area contributed by atoms with Crippen molar-refractivity contribution >= 4 is 61.5 Å². The molecule has 0 aliphatic heterocycles. The third-order valence-electron chi connectivity index (χ3n) is 4.26. The molecule has 5 heteroatoms. The Hall–Kier alpha value is -0.803. The number of aryl methyl sites for hydroxylation is 2. The molecule has 0 aromatic heterocycles. The molecular weight excluding hydrogens is 370 g/mol. The van der Waals surface area contributed by atoms with Gasteiger partial charge in [-0.2, -0.15) is 0 Å². The molecule has 0 bridgehead atoms. The molecule has 0 heterocycles. The van der Waals surface area contributed by atoms with Crippen LogP contribution in [-0.2, 0) is 12.8 Å². The fourth-order valence-corrected chi connectivity index (χ4v) is 3.34. The lowest BCUT2D eigenvalue weighted by molar-refractivity contribution is 0.690. The van der Waals surface area contributed by atoms with Crippen LogP contribution in [-0.4, -0.2) is 6.73 Å². The maximum atomic E-state index is 4.91. The highest BCUT2D eigenvalue weighted by Crippen LogP contribution is 2.33. The first kappa shape index (κ1) is 18.5. The minimum atomic E-state index is -1.46. The van der Waals surface area contributed by atoms with Gasteiger partial charge in [0.1, 0.15) is 0 Å². The lowest BCUT2D eigenvalue weighted by atomic mass is 9.86. The van der Waals surface area contributed by atoms with Crippen molar-refractivity contribution in [1.29, 1.82) is 0 Å². The molecule has 0 N–H and O–H groups in total. The Bertz CT molecular complexity index is 802. The highest BCUT2D eigenvalue weighted by molar-refractivity contribution is 7.54. The summed E-state index contributed by atoms with van der Waals surface area (Å²) < 4.78 is 0. The summed E-state index contributed by atoms with van der Waals surface area (Å²) in [5.74, 6) is 0. The zero-order chi connectivity index (χ0) is 15.5. The Morgan fingerprint density at radius 3 is 2.13 bits per heavy atom. The van der Waals surface area contributed by atoms with Gasteiger partial charge >= 0.3 is 6.73 Å². The second-order valence-electron chi connectivity index (χ2n) is 5.51. The quantitative estimate of drug-likeness (QED) is 0.229. The molecule has 0 unspecified atom stereocenters. The summed E-state index contributed by atoms with van der Waals surface area (Å²) in [6.07, 6.45) is 5.22. The molecule has 1 aliphatic carbocycles. The van der Waals surface area contributed by atoms with Crippen LogP contribution in [0.15, 0.2) is 48.5 Å². The van der Waals surface area contributed by atoms with Gasteiger partial charge in [0.05, 0.1) is 0 Å². The molecule has 0 nitrogen and oxygen atoms in total. The zero-order valence-electron chi connectivity index (χ0n) is 12.5. The summed E-state index contributed by atoms with van der Waals surface area (Å²) in [6.45, 7) is -1.46. The maximum Gasteiger partial charge on any atom is 0.376 e. The summed E-state index contributed by atoms with van der Waals surface area (Å²) in [7, 11) is 0. The molecule has 121 valence electrons. The maximum absolute atomic E-state index is 4.91. The van der Waals surface area contributed by atoms with Gasteiger partial charge in [0.15, 0.2) is 0 Å². The van der Waals surface area contributed by atoms with Crippen LogP contribution in [0.4, 0.5) is 4.70 Å². The van der Waals surface area contributed by atoms with E-state index in [-0.39, 0.29) is 4.70 Å². The average molecular weight is 387 g/mol. The standard InChI is InChI=1S/C18H16.Cl3Si.FH/c1-3-7-15-13(5-1)9-11-18-16-8-4-2-6-14(16)10-12-17(15)18;1-4(2)3;/h1,3,5,7,9-12H,2,4,6,8H2;;1H. The van der Waals surface area contributed by atoms with Gasteiger partial charge in [0, 0.05) is 0 Å². The number of halogens is 4. The van der Waals surface area contributed by atoms with Crippen LogP contribution in [0.2, 0.25) is 0 Å². The van der Waals surface area contributed by atoms with Crippen LogP contribution in [0.3, 0.4) is 0 Å². The Morgan fingerprint density at radius 2 is 1.35 bits per heavy atom. The van der Waals surface area contributed by atoms with E-state index in [1.54, 1.807) is 11.1 Å². The minimum Gasteiger partial charge on any atom is -0.269 e. The summed E-state index contributed by atoms with van der Waals surface area (Å²) in [6, 6.07) is 18.0. The third-order valence-corrected chi connectivity index (χ3v) is 4.26.